The van der Waals surface area contributed by atoms with Gasteiger partial charge in [-0.3, -0.25) is 9.78 Å². The predicted molar refractivity (Wildman–Crippen MR) is 129 cm³/mol. The Bertz CT molecular complexity index is 1420. The lowest BCUT2D eigenvalue weighted by atomic mass is 9.90. The van der Waals surface area contributed by atoms with Crippen molar-refractivity contribution in [3.8, 4) is 11.3 Å². The van der Waals surface area contributed by atoms with Crippen LogP contribution in [0.5, 0.6) is 0 Å². The standard InChI is InChI=1S/C26H26N6O2/c1-31-20-8-7-17(26(34)9-3-4-10-26)12-19(20)21-22-16(13-29-25(27)30-22)14-32(24(33)23(21)31)15-18-6-2-5-11-28-18/h2,5-8,11-13,34H,3-4,9-10,14-15H2,1H3,(H2,27,29,30). The summed E-state index contributed by atoms with van der Waals surface area (Å²) in [5.41, 5.74) is 10.6. The highest BCUT2D eigenvalue weighted by molar-refractivity contribution is 6.11. The Morgan fingerprint density at radius 2 is 1.97 bits per heavy atom. The summed E-state index contributed by atoms with van der Waals surface area (Å²) in [4.78, 5) is 28.9. The van der Waals surface area contributed by atoms with E-state index in [1.54, 1.807) is 17.3 Å². The molecule has 1 amide bonds. The summed E-state index contributed by atoms with van der Waals surface area (Å²) in [6.45, 7) is 0.722. The van der Waals surface area contributed by atoms with E-state index in [0.717, 1.165) is 59.0 Å². The van der Waals surface area contributed by atoms with E-state index in [9.17, 15) is 9.90 Å². The van der Waals surface area contributed by atoms with Gasteiger partial charge < -0.3 is 20.3 Å². The van der Waals surface area contributed by atoms with E-state index in [1.165, 1.54) is 0 Å². The molecule has 8 heteroatoms. The average molecular weight is 455 g/mol. The summed E-state index contributed by atoms with van der Waals surface area (Å²) < 4.78 is 1.92. The van der Waals surface area contributed by atoms with Crippen molar-refractivity contribution in [2.24, 2.45) is 7.05 Å². The van der Waals surface area contributed by atoms with Crippen molar-refractivity contribution >= 4 is 22.8 Å². The van der Waals surface area contributed by atoms with Gasteiger partial charge in [0.05, 0.1) is 30.1 Å². The molecule has 1 aliphatic carbocycles. The van der Waals surface area contributed by atoms with E-state index in [-0.39, 0.29) is 11.9 Å². The molecule has 172 valence electrons. The molecule has 1 fully saturated rings. The van der Waals surface area contributed by atoms with Gasteiger partial charge in [-0.05, 0) is 42.7 Å². The first-order valence-electron chi connectivity index (χ1n) is 11.6. The topological polar surface area (TPSA) is 110 Å². The minimum Gasteiger partial charge on any atom is -0.385 e. The van der Waals surface area contributed by atoms with Crippen LogP contribution in [0.25, 0.3) is 22.2 Å². The molecule has 1 aliphatic heterocycles. The number of fused-ring (bicyclic) bond motifs is 5. The number of pyridine rings is 1. The van der Waals surface area contributed by atoms with E-state index in [1.807, 2.05) is 48.0 Å². The molecule has 4 heterocycles. The minimum absolute atomic E-state index is 0.1000. The molecule has 1 aromatic carbocycles. The number of carbonyl (C=O) groups is 1. The fraction of sp³-hybridized carbons (Fsp3) is 0.308. The van der Waals surface area contributed by atoms with Crippen LogP contribution in [0.15, 0.2) is 48.8 Å². The third-order valence-corrected chi connectivity index (χ3v) is 7.22. The molecule has 4 aromatic rings. The second-order valence-electron chi connectivity index (χ2n) is 9.34. The zero-order valence-electron chi connectivity index (χ0n) is 19.0. The highest BCUT2D eigenvalue weighted by atomic mass is 16.3. The number of hydrogen-bond acceptors (Lipinski definition) is 6. The third kappa shape index (κ3) is 3.17. The first-order chi connectivity index (χ1) is 16.4. The number of aliphatic hydroxyl groups is 1. The normalized spacial score (nSPS) is 17.0. The highest BCUT2D eigenvalue weighted by Gasteiger charge is 2.36. The number of amides is 1. The molecular formula is C26H26N6O2. The predicted octanol–water partition coefficient (Wildman–Crippen LogP) is 3.53. The van der Waals surface area contributed by atoms with Crippen LogP contribution in [0.4, 0.5) is 5.95 Å². The van der Waals surface area contributed by atoms with Gasteiger partial charge in [-0.2, -0.15) is 0 Å². The summed E-state index contributed by atoms with van der Waals surface area (Å²) in [5, 5.41) is 12.1. The minimum atomic E-state index is -0.829. The van der Waals surface area contributed by atoms with Crippen LogP contribution < -0.4 is 5.73 Å². The van der Waals surface area contributed by atoms with Gasteiger partial charge in [-0.15, -0.1) is 0 Å². The van der Waals surface area contributed by atoms with Crippen molar-refractivity contribution in [2.45, 2.75) is 44.4 Å². The maximum Gasteiger partial charge on any atom is 0.271 e. The van der Waals surface area contributed by atoms with Gasteiger partial charge in [0, 0.05) is 41.5 Å². The largest absolute Gasteiger partial charge is 0.385 e. The van der Waals surface area contributed by atoms with Crippen molar-refractivity contribution in [3.05, 3.63) is 71.3 Å². The van der Waals surface area contributed by atoms with Crippen molar-refractivity contribution in [2.75, 3.05) is 5.73 Å². The first kappa shape index (κ1) is 20.8. The number of nitrogens with zero attached hydrogens (tertiary/aromatic N) is 5. The second kappa shape index (κ2) is 7.63. The fourth-order valence-electron chi connectivity index (χ4n) is 5.47. The van der Waals surface area contributed by atoms with Gasteiger partial charge in [-0.1, -0.05) is 25.0 Å². The second-order valence-corrected chi connectivity index (χ2v) is 9.34. The number of anilines is 1. The quantitative estimate of drug-likeness (QED) is 0.490. The van der Waals surface area contributed by atoms with E-state index < -0.39 is 5.60 Å². The fourth-order valence-corrected chi connectivity index (χ4v) is 5.47. The first-order valence-corrected chi connectivity index (χ1v) is 11.6. The molecule has 0 saturated heterocycles. The number of nitrogens with two attached hydrogens (primary N) is 1. The SMILES string of the molecule is Cn1c2c(c3cc(C4(O)CCCC4)ccc31)-c1nc(N)ncc1CN(Cc1ccccn1)C2=O. The van der Waals surface area contributed by atoms with Gasteiger partial charge in [-0.25, -0.2) is 9.97 Å². The lowest BCUT2D eigenvalue weighted by Crippen LogP contribution is -2.31. The molecule has 3 N–H and O–H groups in total. The van der Waals surface area contributed by atoms with Gasteiger partial charge in [0.1, 0.15) is 5.69 Å². The molecular weight excluding hydrogens is 428 g/mol. The molecule has 8 nitrogen and oxygen atoms in total. The molecule has 0 radical (unpaired) electrons. The Balaban J connectivity index is 1.58. The Morgan fingerprint density at radius 3 is 2.74 bits per heavy atom. The molecule has 3 aromatic heterocycles. The molecule has 1 saturated carbocycles. The Labute approximate surface area is 197 Å². The van der Waals surface area contributed by atoms with E-state index in [2.05, 4.69) is 15.0 Å². The lowest BCUT2D eigenvalue weighted by Gasteiger charge is -2.23. The Kier molecular flexibility index (Phi) is 4.67. The maximum absolute atomic E-state index is 13.9. The zero-order valence-corrected chi connectivity index (χ0v) is 19.0. The molecule has 0 atom stereocenters. The van der Waals surface area contributed by atoms with Crippen molar-refractivity contribution < 1.29 is 9.90 Å². The number of nitrogen functional groups attached to an aromatic ring is 1. The van der Waals surface area contributed by atoms with Crippen LogP contribution in [0.3, 0.4) is 0 Å². The number of benzene rings is 1. The molecule has 0 spiro atoms. The number of aromatic nitrogens is 4. The Morgan fingerprint density at radius 1 is 1.15 bits per heavy atom. The summed E-state index contributed by atoms with van der Waals surface area (Å²) >= 11 is 0. The number of rotatable bonds is 3. The average Bonchev–Trinajstić information content (AvgIpc) is 3.38. The van der Waals surface area contributed by atoms with Crippen LogP contribution in [0.1, 0.15) is 53.0 Å². The van der Waals surface area contributed by atoms with Crippen LogP contribution >= 0.6 is 0 Å². The third-order valence-electron chi connectivity index (χ3n) is 7.22. The number of aryl methyl sites for hydroxylation is 1. The number of hydrogen-bond donors (Lipinski definition) is 2. The van der Waals surface area contributed by atoms with Crippen molar-refractivity contribution in [1.29, 1.82) is 0 Å². The van der Waals surface area contributed by atoms with Crippen LogP contribution in [0.2, 0.25) is 0 Å². The van der Waals surface area contributed by atoms with E-state index >= 15 is 0 Å². The number of carbonyl (C=O) groups excluding carboxylic acids is 1. The van der Waals surface area contributed by atoms with Crippen LogP contribution in [-0.2, 0) is 25.7 Å². The summed E-state index contributed by atoms with van der Waals surface area (Å²) in [7, 11) is 1.90. The molecule has 34 heavy (non-hydrogen) atoms. The summed E-state index contributed by atoms with van der Waals surface area (Å²) in [6.07, 6.45) is 6.95. The molecule has 6 rings (SSSR count). The summed E-state index contributed by atoms with van der Waals surface area (Å²) in [6, 6.07) is 11.7. The van der Waals surface area contributed by atoms with E-state index in [0.29, 0.717) is 24.5 Å². The van der Waals surface area contributed by atoms with E-state index in [4.69, 9.17) is 5.73 Å². The maximum atomic E-state index is 13.9. The molecule has 0 unspecified atom stereocenters. The summed E-state index contributed by atoms with van der Waals surface area (Å²) in [5.74, 6) is 0.0648. The van der Waals surface area contributed by atoms with Gasteiger partial charge in [0.15, 0.2) is 0 Å². The van der Waals surface area contributed by atoms with Gasteiger partial charge in [0.25, 0.3) is 5.91 Å². The molecule has 0 bridgehead atoms. The van der Waals surface area contributed by atoms with Gasteiger partial charge in [0.2, 0.25) is 5.95 Å². The van der Waals surface area contributed by atoms with Crippen molar-refractivity contribution in [1.82, 2.24) is 24.4 Å². The zero-order chi connectivity index (χ0) is 23.4. The monoisotopic (exact) mass is 454 g/mol. The van der Waals surface area contributed by atoms with Crippen LogP contribution in [0, 0.1) is 0 Å². The van der Waals surface area contributed by atoms with Crippen LogP contribution in [-0.4, -0.2) is 35.4 Å². The smallest absolute Gasteiger partial charge is 0.271 e. The van der Waals surface area contributed by atoms with Crippen molar-refractivity contribution in [3.63, 3.8) is 0 Å². The van der Waals surface area contributed by atoms with Gasteiger partial charge >= 0.3 is 0 Å². The lowest BCUT2D eigenvalue weighted by molar-refractivity contribution is 0.0446. The highest BCUT2D eigenvalue weighted by Crippen LogP contribution is 2.43. The molecule has 2 aliphatic rings. The Hall–Kier alpha value is -3.78.